The Hall–Kier alpha value is -2.86. The van der Waals surface area contributed by atoms with Gasteiger partial charge < -0.3 is 4.98 Å². The first kappa shape index (κ1) is 14.7. The van der Waals surface area contributed by atoms with E-state index in [1.165, 1.54) is 0 Å². The highest BCUT2D eigenvalue weighted by Crippen LogP contribution is 2.18. The van der Waals surface area contributed by atoms with Gasteiger partial charge in [0.05, 0.1) is 11.4 Å². The van der Waals surface area contributed by atoms with Gasteiger partial charge >= 0.3 is 0 Å². The summed E-state index contributed by atoms with van der Waals surface area (Å²) < 4.78 is 0. The summed E-state index contributed by atoms with van der Waals surface area (Å²) in [5.41, 5.74) is 3.27. The third-order valence-corrected chi connectivity index (χ3v) is 4.17. The van der Waals surface area contributed by atoms with E-state index in [9.17, 15) is 4.79 Å². The van der Waals surface area contributed by atoms with Gasteiger partial charge in [-0.1, -0.05) is 12.1 Å². The van der Waals surface area contributed by atoms with Crippen LogP contribution in [0.1, 0.15) is 17.0 Å². The molecule has 0 unspecified atom stereocenters. The van der Waals surface area contributed by atoms with Crippen molar-refractivity contribution in [1.82, 2.24) is 24.8 Å². The molecule has 0 bridgehead atoms. The first-order valence-corrected chi connectivity index (χ1v) is 7.95. The van der Waals surface area contributed by atoms with Crippen LogP contribution in [-0.4, -0.2) is 31.4 Å². The van der Waals surface area contributed by atoms with Crippen LogP contribution in [0.4, 0.5) is 0 Å². The molecule has 0 amide bonds. The van der Waals surface area contributed by atoms with Crippen LogP contribution in [0.15, 0.2) is 53.6 Å². The third kappa shape index (κ3) is 2.96. The number of aromatic nitrogens is 4. The van der Waals surface area contributed by atoms with Gasteiger partial charge in [0, 0.05) is 37.6 Å². The molecule has 0 saturated heterocycles. The average Bonchev–Trinajstić information content (AvgIpc) is 2.63. The Morgan fingerprint density at radius 2 is 1.92 bits per heavy atom. The molecule has 3 aromatic rings. The highest BCUT2D eigenvalue weighted by molar-refractivity contribution is 5.49. The molecular formula is C18H17N5O. The summed E-state index contributed by atoms with van der Waals surface area (Å²) in [6.45, 7) is 2.24. The van der Waals surface area contributed by atoms with Crippen molar-refractivity contribution in [2.24, 2.45) is 0 Å². The van der Waals surface area contributed by atoms with E-state index in [1.54, 1.807) is 12.4 Å². The van der Waals surface area contributed by atoms with Gasteiger partial charge in [0.2, 0.25) is 0 Å². The molecule has 4 heterocycles. The fourth-order valence-corrected chi connectivity index (χ4v) is 2.97. The fourth-order valence-electron chi connectivity index (χ4n) is 2.97. The Balaban J connectivity index is 1.62. The summed E-state index contributed by atoms with van der Waals surface area (Å²) in [6.07, 6.45) is 4.20. The second-order valence-electron chi connectivity index (χ2n) is 5.84. The number of pyridine rings is 2. The van der Waals surface area contributed by atoms with E-state index in [-0.39, 0.29) is 5.56 Å². The maximum atomic E-state index is 12.4. The minimum absolute atomic E-state index is 0.0573. The van der Waals surface area contributed by atoms with Crippen molar-refractivity contribution in [3.63, 3.8) is 0 Å². The molecule has 0 aromatic carbocycles. The molecule has 1 aliphatic heterocycles. The van der Waals surface area contributed by atoms with Crippen LogP contribution in [0.2, 0.25) is 0 Å². The smallest absolute Gasteiger partial charge is 0.254 e. The van der Waals surface area contributed by atoms with E-state index in [2.05, 4.69) is 24.8 Å². The zero-order valence-electron chi connectivity index (χ0n) is 13.1. The van der Waals surface area contributed by atoms with E-state index < -0.39 is 0 Å². The summed E-state index contributed by atoms with van der Waals surface area (Å²) in [4.78, 5) is 30.8. The second kappa shape index (κ2) is 6.33. The predicted molar refractivity (Wildman–Crippen MR) is 90.1 cm³/mol. The van der Waals surface area contributed by atoms with Crippen LogP contribution in [0.3, 0.4) is 0 Å². The number of nitrogens with zero attached hydrogens (tertiary/aromatic N) is 4. The molecule has 6 heteroatoms. The lowest BCUT2D eigenvalue weighted by atomic mass is 10.1. The molecule has 1 aliphatic rings. The first-order chi connectivity index (χ1) is 11.8. The van der Waals surface area contributed by atoms with Gasteiger partial charge in [-0.25, -0.2) is 4.98 Å². The number of rotatable bonds is 3. The molecule has 0 saturated carbocycles. The zero-order valence-corrected chi connectivity index (χ0v) is 13.1. The van der Waals surface area contributed by atoms with E-state index in [0.717, 1.165) is 30.0 Å². The molecule has 0 atom stereocenters. The minimum Gasteiger partial charge on any atom is -0.305 e. The maximum Gasteiger partial charge on any atom is 0.254 e. The number of fused-ring (bicyclic) bond motifs is 1. The molecule has 120 valence electrons. The monoisotopic (exact) mass is 319 g/mol. The summed E-state index contributed by atoms with van der Waals surface area (Å²) in [5, 5.41) is 0. The lowest BCUT2D eigenvalue weighted by Gasteiger charge is -2.27. The Kier molecular flexibility index (Phi) is 3.88. The van der Waals surface area contributed by atoms with Gasteiger partial charge in [0.15, 0.2) is 5.82 Å². The number of aromatic amines is 1. The molecule has 1 N–H and O–H groups in total. The molecule has 3 aromatic heterocycles. The largest absolute Gasteiger partial charge is 0.305 e. The normalized spacial score (nSPS) is 14.3. The minimum atomic E-state index is -0.0573. The van der Waals surface area contributed by atoms with Crippen molar-refractivity contribution in [3.05, 3.63) is 76.1 Å². The van der Waals surface area contributed by atoms with E-state index in [1.807, 2.05) is 36.4 Å². The maximum absolute atomic E-state index is 12.4. The molecule has 0 spiro atoms. The molecular weight excluding hydrogens is 302 g/mol. The third-order valence-electron chi connectivity index (χ3n) is 4.17. The highest BCUT2D eigenvalue weighted by atomic mass is 16.1. The van der Waals surface area contributed by atoms with Crippen molar-refractivity contribution < 1.29 is 0 Å². The second-order valence-corrected chi connectivity index (χ2v) is 5.84. The van der Waals surface area contributed by atoms with Crippen molar-refractivity contribution in [3.8, 4) is 11.5 Å². The van der Waals surface area contributed by atoms with Gasteiger partial charge in [0.1, 0.15) is 5.69 Å². The Labute approximate surface area is 139 Å². The van der Waals surface area contributed by atoms with Gasteiger partial charge in [-0.05, 0) is 30.7 Å². The number of hydrogen-bond acceptors (Lipinski definition) is 5. The molecule has 0 radical (unpaired) electrons. The van der Waals surface area contributed by atoms with Crippen LogP contribution in [-0.2, 0) is 19.5 Å². The number of H-pyrrole nitrogens is 1. The van der Waals surface area contributed by atoms with Crippen LogP contribution < -0.4 is 5.56 Å². The molecule has 0 aliphatic carbocycles. The van der Waals surface area contributed by atoms with Crippen molar-refractivity contribution in [2.75, 3.05) is 6.54 Å². The van der Waals surface area contributed by atoms with Gasteiger partial charge in [0.25, 0.3) is 5.56 Å². The summed E-state index contributed by atoms with van der Waals surface area (Å²) in [7, 11) is 0. The Bertz CT molecular complexity index is 892. The molecule has 0 fully saturated rings. The van der Waals surface area contributed by atoms with Crippen molar-refractivity contribution in [1.29, 1.82) is 0 Å². The molecule has 6 nitrogen and oxygen atoms in total. The van der Waals surface area contributed by atoms with E-state index >= 15 is 0 Å². The zero-order chi connectivity index (χ0) is 16.4. The molecule has 4 rings (SSSR count). The van der Waals surface area contributed by atoms with Crippen LogP contribution in [0, 0.1) is 0 Å². The fraction of sp³-hybridized carbons (Fsp3) is 0.222. The summed E-state index contributed by atoms with van der Waals surface area (Å²) in [5.74, 6) is 0.527. The predicted octanol–water partition coefficient (Wildman–Crippen LogP) is 1.79. The van der Waals surface area contributed by atoms with Gasteiger partial charge in [-0.3, -0.25) is 19.7 Å². The standard InChI is InChI=1S/C18H17N5O/c24-18-14-7-10-23(11-13-5-1-3-8-19-13)12-16(14)21-17(22-18)15-6-2-4-9-20-15/h1-6,8-9H,7,10-12H2,(H,21,22,24). The van der Waals surface area contributed by atoms with Crippen LogP contribution >= 0.6 is 0 Å². The number of hydrogen-bond donors (Lipinski definition) is 1. The number of nitrogens with one attached hydrogen (secondary N) is 1. The van der Waals surface area contributed by atoms with Gasteiger partial charge in [-0.15, -0.1) is 0 Å². The van der Waals surface area contributed by atoms with E-state index in [4.69, 9.17) is 0 Å². The van der Waals surface area contributed by atoms with Crippen molar-refractivity contribution in [2.45, 2.75) is 19.5 Å². The van der Waals surface area contributed by atoms with E-state index in [0.29, 0.717) is 24.5 Å². The Morgan fingerprint density at radius 1 is 1.08 bits per heavy atom. The SMILES string of the molecule is O=c1[nH]c(-c2ccccn2)nc2c1CCN(Cc1ccccn1)C2. The Morgan fingerprint density at radius 3 is 2.67 bits per heavy atom. The summed E-state index contributed by atoms with van der Waals surface area (Å²) >= 11 is 0. The lowest BCUT2D eigenvalue weighted by molar-refractivity contribution is 0.238. The lowest BCUT2D eigenvalue weighted by Crippen LogP contribution is -2.35. The molecule has 24 heavy (non-hydrogen) atoms. The average molecular weight is 319 g/mol. The summed E-state index contributed by atoms with van der Waals surface area (Å²) in [6, 6.07) is 11.5. The van der Waals surface area contributed by atoms with Crippen LogP contribution in [0.5, 0.6) is 0 Å². The van der Waals surface area contributed by atoms with Crippen molar-refractivity contribution >= 4 is 0 Å². The quantitative estimate of drug-likeness (QED) is 0.796. The first-order valence-electron chi connectivity index (χ1n) is 7.95. The van der Waals surface area contributed by atoms with Crippen LogP contribution in [0.25, 0.3) is 11.5 Å². The van der Waals surface area contributed by atoms with Gasteiger partial charge in [-0.2, -0.15) is 0 Å². The topological polar surface area (TPSA) is 74.8 Å². The highest BCUT2D eigenvalue weighted by Gasteiger charge is 2.21.